The first-order valence-electron chi connectivity index (χ1n) is 5.27. The van der Waals surface area contributed by atoms with E-state index in [1.54, 1.807) is 0 Å². The van der Waals surface area contributed by atoms with Gasteiger partial charge in [-0.15, -0.1) is 0 Å². The van der Waals surface area contributed by atoms with E-state index in [4.69, 9.17) is 0 Å². The summed E-state index contributed by atoms with van der Waals surface area (Å²) < 4.78 is 49.9. The van der Waals surface area contributed by atoms with Crippen molar-refractivity contribution in [3.8, 4) is 0 Å². The predicted octanol–water partition coefficient (Wildman–Crippen LogP) is 2.10. The van der Waals surface area contributed by atoms with Crippen molar-refractivity contribution in [3.05, 3.63) is 30.1 Å². The van der Waals surface area contributed by atoms with Gasteiger partial charge in [0.25, 0.3) is 0 Å². The molecule has 0 aromatic heterocycles. The van der Waals surface area contributed by atoms with Crippen molar-refractivity contribution in [1.82, 2.24) is 5.32 Å². The Bertz CT molecular complexity index is 366. The van der Waals surface area contributed by atoms with Gasteiger partial charge in [-0.05, 0) is 31.3 Å². The lowest BCUT2D eigenvalue weighted by atomic mass is 10.1. The zero-order chi connectivity index (χ0) is 13.8. The number of benzene rings is 1. The summed E-state index contributed by atoms with van der Waals surface area (Å²) in [5.41, 5.74) is 0.348. The van der Waals surface area contributed by atoms with Crippen molar-refractivity contribution in [2.24, 2.45) is 0 Å². The molecule has 1 aromatic carbocycles. The molecular formula is C11H14F4N2O. The van der Waals surface area contributed by atoms with Gasteiger partial charge < -0.3 is 15.7 Å². The standard InChI is InChI=1S/C11H14F4N2O/c1-16-9(11(13,14)15)6-10(18)17-8-4-2-7(12)3-5-8/h2-5,9-10,16-18H,6H2,1H3. The lowest BCUT2D eigenvalue weighted by molar-refractivity contribution is -0.160. The first-order valence-corrected chi connectivity index (χ1v) is 5.27. The minimum atomic E-state index is -4.43. The fourth-order valence-electron chi connectivity index (χ4n) is 1.44. The fraction of sp³-hybridized carbons (Fsp3) is 0.455. The van der Waals surface area contributed by atoms with Crippen LogP contribution in [0.5, 0.6) is 0 Å². The van der Waals surface area contributed by atoms with Gasteiger partial charge in [-0.2, -0.15) is 13.2 Å². The predicted molar refractivity (Wildman–Crippen MR) is 59.5 cm³/mol. The molecule has 0 amide bonds. The van der Waals surface area contributed by atoms with Gasteiger partial charge in [0.05, 0.1) is 0 Å². The monoisotopic (exact) mass is 266 g/mol. The summed E-state index contributed by atoms with van der Waals surface area (Å²) in [5, 5.41) is 14.0. The average Bonchev–Trinajstić information content (AvgIpc) is 2.27. The van der Waals surface area contributed by atoms with Crippen molar-refractivity contribution in [2.45, 2.75) is 24.9 Å². The van der Waals surface area contributed by atoms with Crippen molar-refractivity contribution >= 4 is 5.69 Å². The summed E-state index contributed by atoms with van der Waals surface area (Å²) in [6.45, 7) is 0. The zero-order valence-electron chi connectivity index (χ0n) is 9.63. The van der Waals surface area contributed by atoms with Gasteiger partial charge in [0, 0.05) is 12.1 Å². The second-order valence-electron chi connectivity index (χ2n) is 3.79. The SMILES string of the molecule is CNC(CC(O)Nc1ccc(F)cc1)C(F)(F)F. The van der Waals surface area contributed by atoms with Gasteiger partial charge in [0.15, 0.2) is 0 Å². The van der Waals surface area contributed by atoms with Crippen LogP contribution in [0.3, 0.4) is 0 Å². The molecule has 3 N–H and O–H groups in total. The van der Waals surface area contributed by atoms with E-state index < -0.39 is 30.7 Å². The Balaban J connectivity index is 2.55. The summed E-state index contributed by atoms with van der Waals surface area (Å²) in [6, 6.07) is 3.16. The Morgan fingerprint density at radius 2 is 1.78 bits per heavy atom. The van der Waals surface area contributed by atoms with E-state index in [1.165, 1.54) is 19.2 Å². The molecule has 1 aromatic rings. The van der Waals surface area contributed by atoms with Crippen LogP contribution in [0.1, 0.15) is 6.42 Å². The summed E-state index contributed by atoms with van der Waals surface area (Å²) in [7, 11) is 1.17. The molecule has 2 atom stereocenters. The number of hydrogen-bond donors (Lipinski definition) is 3. The number of hydrogen-bond acceptors (Lipinski definition) is 3. The molecule has 0 spiro atoms. The molecule has 0 radical (unpaired) electrons. The molecule has 18 heavy (non-hydrogen) atoms. The third-order valence-corrected chi connectivity index (χ3v) is 2.38. The van der Waals surface area contributed by atoms with Crippen LogP contribution < -0.4 is 10.6 Å². The Kier molecular flexibility index (Phi) is 4.92. The maximum absolute atomic E-state index is 12.6. The van der Waals surface area contributed by atoms with Crippen LogP contribution in [0.15, 0.2) is 24.3 Å². The third kappa shape index (κ3) is 4.50. The smallest absolute Gasteiger partial charge is 0.374 e. The van der Waals surface area contributed by atoms with Crippen molar-refractivity contribution in [3.63, 3.8) is 0 Å². The van der Waals surface area contributed by atoms with Gasteiger partial charge in [0.2, 0.25) is 0 Å². The van der Waals surface area contributed by atoms with Gasteiger partial charge in [-0.25, -0.2) is 4.39 Å². The van der Waals surface area contributed by atoms with E-state index >= 15 is 0 Å². The van der Waals surface area contributed by atoms with Crippen LogP contribution in [0.4, 0.5) is 23.2 Å². The highest BCUT2D eigenvalue weighted by molar-refractivity contribution is 5.43. The van der Waals surface area contributed by atoms with E-state index in [0.29, 0.717) is 5.69 Å². The Labute approximate surface area is 102 Å². The van der Waals surface area contributed by atoms with E-state index in [1.807, 2.05) is 0 Å². The van der Waals surface area contributed by atoms with Crippen molar-refractivity contribution in [1.29, 1.82) is 0 Å². The molecule has 0 aliphatic rings. The van der Waals surface area contributed by atoms with Crippen LogP contribution in [0.2, 0.25) is 0 Å². The van der Waals surface area contributed by atoms with Crippen LogP contribution in [0, 0.1) is 5.82 Å². The molecule has 0 aliphatic carbocycles. The molecule has 0 aliphatic heterocycles. The number of anilines is 1. The number of aliphatic hydroxyl groups is 1. The van der Waals surface area contributed by atoms with Gasteiger partial charge in [0.1, 0.15) is 18.1 Å². The van der Waals surface area contributed by atoms with Crippen LogP contribution in [-0.2, 0) is 0 Å². The third-order valence-electron chi connectivity index (χ3n) is 2.38. The summed E-state index contributed by atoms with van der Waals surface area (Å²) >= 11 is 0. The van der Waals surface area contributed by atoms with Crippen molar-refractivity contribution in [2.75, 3.05) is 12.4 Å². The zero-order valence-corrected chi connectivity index (χ0v) is 9.63. The van der Waals surface area contributed by atoms with Gasteiger partial charge in [-0.1, -0.05) is 0 Å². The number of nitrogens with one attached hydrogen (secondary N) is 2. The highest BCUT2D eigenvalue weighted by Crippen LogP contribution is 2.23. The minimum absolute atomic E-state index is 0.348. The van der Waals surface area contributed by atoms with Crippen LogP contribution in [0.25, 0.3) is 0 Å². The van der Waals surface area contributed by atoms with Gasteiger partial charge >= 0.3 is 6.18 Å². The Hall–Kier alpha value is -1.34. The lowest BCUT2D eigenvalue weighted by Gasteiger charge is -2.23. The van der Waals surface area contributed by atoms with Crippen LogP contribution in [-0.4, -0.2) is 30.6 Å². The summed E-state index contributed by atoms with van der Waals surface area (Å²) in [6.07, 6.45) is -6.35. The second kappa shape index (κ2) is 6.01. The Morgan fingerprint density at radius 1 is 1.22 bits per heavy atom. The largest absolute Gasteiger partial charge is 0.404 e. The second-order valence-corrected chi connectivity index (χ2v) is 3.79. The van der Waals surface area contributed by atoms with Crippen LogP contribution >= 0.6 is 0 Å². The van der Waals surface area contributed by atoms with E-state index in [0.717, 1.165) is 12.1 Å². The number of halogens is 4. The molecular weight excluding hydrogens is 252 g/mol. The van der Waals surface area contributed by atoms with Crippen molar-refractivity contribution < 1.29 is 22.7 Å². The first kappa shape index (κ1) is 14.7. The maximum atomic E-state index is 12.6. The highest BCUT2D eigenvalue weighted by Gasteiger charge is 2.39. The molecule has 102 valence electrons. The molecule has 3 nitrogen and oxygen atoms in total. The Morgan fingerprint density at radius 3 is 2.22 bits per heavy atom. The molecule has 1 rings (SSSR count). The molecule has 7 heteroatoms. The fourth-order valence-corrected chi connectivity index (χ4v) is 1.44. The molecule has 0 heterocycles. The number of rotatable bonds is 5. The number of alkyl halides is 3. The van der Waals surface area contributed by atoms with E-state index in [2.05, 4.69) is 10.6 Å². The number of aliphatic hydroxyl groups excluding tert-OH is 1. The quantitative estimate of drug-likeness (QED) is 0.565. The maximum Gasteiger partial charge on any atom is 0.404 e. The van der Waals surface area contributed by atoms with E-state index in [9.17, 15) is 22.7 Å². The topological polar surface area (TPSA) is 44.3 Å². The first-order chi connectivity index (χ1) is 8.32. The van der Waals surface area contributed by atoms with E-state index in [-0.39, 0.29) is 0 Å². The lowest BCUT2D eigenvalue weighted by Crippen LogP contribution is -2.43. The summed E-state index contributed by atoms with van der Waals surface area (Å²) in [5.74, 6) is -0.460. The molecule has 0 saturated carbocycles. The highest BCUT2D eigenvalue weighted by atomic mass is 19.4. The average molecular weight is 266 g/mol. The minimum Gasteiger partial charge on any atom is -0.374 e. The molecule has 0 saturated heterocycles. The normalized spacial score (nSPS) is 15.2. The molecule has 2 unspecified atom stereocenters. The van der Waals surface area contributed by atoms with Gasteiger partial charge in [-0.3, -0.25) is 0 Å². The summed E-state index contributed by atoms with van der Waals surface area (Å²) in [4.78, 5) is 0. The molecule has 0 fully saturated rings. The molecule has 0 bridgehead atoms.